The molecule has 0 saturated heterocycles. The molecular formula is C21H21N5. The zero-order valence-corrected chi connectivity index (χ0v) is 15.4. The van der Waals surface area contributed by atoms with Crippen LogP contribution >= 0.6 is 0 Å². The molecule has 3 heterocycles. The Hall–Kier alpha value is -3.08. The predicted molar refractivity (Wildman–Crippen MR) is 108 cm³/mol. The van der Waals surface area contributed by atoms with Crippen LogP contribution in [0.15, 0.2) is 46.5 Å². The van der Waals surface area contributed by atoms with Gasteiger partial charge in [-0.1, -0.05) is 12.1 Å². The van der Waals surface area contributed by atoms with E-state index in [0.29, 0.717) is 0 Å². The van der Waals surface area contributed by atoms with Crippen LogP contribution in [-0.4, -0.2) is 34.2 Å². The molecular weight excluding hydrogens is 322 g/mol. The fourth-order valence-corrected chi connectivity index (χ4v) is 3.55. The molecule has 0 bridgehead atoms. The fraction of sp³-hybridized carbons (Fsp3) is 0.238. The summed E-state index contributed by atoms with van der Waals surface area (Å²) in [6.45, 7) is 6.18. The minimum absolute atomic E-state index is 0.144. The Labute approximate surface area is 152 Å². The van der Waals surface area contributed by atoms with Crippen LogP contribution in [0.1, 0.15) is 42.3 Å². The lowest BCUT2D eigenvalue weighted by atomic mass is 9.88. The molecule has 26 heavy (non-hydrogen) atoms. The van der Waals surface area contributed by atoms with E-state index >= 15 is 0 Å². The van der Waals surface area contributed by atoms with E-state index in [2.05, 4.69) is 53.3 Å². The van der Waals surface area contributed by atoms with Crippen molar-refractivity contribution in [1.82, 2.24) is 15.2 Å². The minimum atomic E-state index is 0.144. The monoisotopic (exact) mass is 343 g/mol. The van der Waals surface area contributed by atoms with Gasteiger partial charge in [-0.05, 0) is 55.7 Å². The van der Waals surface area contributed by atoms with Crippen molar-refractivity contribution in [1.29, 1.82) is 0 Å². The Bertz CT molecular complexity index is 1080. The number of rotatable bonds is 3. The van der Waals surface area contributed by atoms with Crippen molar-refractivity contribution in [3.63, 3.8) is 0 Å². The van der Waals surface area contributed by atoms with Gasteiger partial charge in [0.1, 0.15) is 0 Å². The first kappa shape index (κ1) is 16.4. The third-order valence-electron chi connectivity index (χ3n) is 4.89. The smallest absolute Gasteiger partial charge is 0.0884 e. The Morgan fingerprint density at radius 2 is 2.08 bits per heavy atom. The first-order chi connectivity index (χ1) is 12.6. The van der Waals surface area contributed by atoms with E-state index < -0.39 is 0 Å². The maximum absolute atomic E-state index is 4.82. The normalized spacial score (nSPS) is 17.2. The number of benzene rings is 1. The van der Waals surface area contributed by atoms with Gasteiger partial charge in [0.25, 0.3) is 0 Å². The highest BCUT2D eigenvalue weighted by atomic mass is 15.1. The quantitative estimate of drug-likeness (QED) is 0.706. The Morgan fingerprint density at radius 1 is 1.23 bits per heavy atom. The maximum atomic E-state index is 4.82. The molecule has 5 nitrogen and oxygen atoms in total. The van der Waals surface area contributed by atoms with Crippen molar-refractivity contribution in [2.45, 2.75) is 26.7 Å². The van der Waals surface area contributed by atoms with E-state index in [1.807, 2.05) is 19.2 Å². The van der Waals surface area contributed by atoms with Crippen molar-refractivity contribution >= 4 is 34.1 Å². The molecule has 1 atom stereocenters. The summed E-state index contributed by atoms with van der Waals surface area (Å²) in [6.07, 6.45) is 5.63. The molecule has 3 aromatic rings. The molecule has 0 amide bonds. The van der Waals surface area contributed by atoms with Gasteiger partial charge in [-0.3, -0.25) is 20.1 Å². The number of aryl methyl sites for hydroxylation is 1. The number of aromatic amines is 1. The van der Waals surface area contributed by atoms with Gasteiger partial charge in [-0.2, -0.15) is 5.10 Å². The summed E-state index contributed by atoms with van der Waals surface area (Å²) in [5.41, 5.74) is 8.59. The van der Waals surface area contributed by atoms with Crippen LogP contribution in [0.4, 0.5) is 5.69 Å². The lowest BCUT2D eigenvalue weighted by molar-refractivity contribution is 1.07. The molecule has 1 aliphatic rings. The molecule has 2 aromatic heterocycles. The third kappa shape index (κ3) is 2.65. The Balaban J connectivity index is 1.85. The van der Waals surface area contributed by atoms with Gasteiger partial charge in [0.05, 0.1) is 28.8 Å². The summed E-state index contributed by atoms with van der Waals surface area (Å²) in [6, 6.07) is 8.61. The molecule has 1 aliphatic heterocycles. The average molecular weight is 343 g/mol. The molecule has 0 aliphatic carbocycles. The number of nitrogens with one attached hydrogen (secondary N) is 1. The molecule has 4 rings (SSSR count). The second-order valence-electron chi connectivity index (χ2n) is 6.69. The van der Waals surface area contributed by atoms with Gasteiger partial charge in [0, 0.05) is 30.3 Å². The minimum Gasteiger partial charge on any atom is -0.297 e. The SMILES string of the molecule is CN=C/C=C(\C)c1cc2c(c(C)n1)N=C(C)C2c1ccc2cn[nH]c2c1. The second-order valence-corrected chi connectivity index (χ2v) is 6.69. The summed E-state index contributed by atoms with van der Waals surface area (Å²) in [5, 5.41) is 8.30. The van der Waals surface area contributed by atoms with Gasteiger partial charge in [-0.25, -0.2) is 0 Å². The van der Waals surface area contributed by atoms with Crippen LogP contribution in [0.25, 0.3) is 16.5 Å². The number of hydrogen-bond donors (Lipinski definition) is 1. The number of fused-ring (bicyclic) bond motifs is 2. The summed E-state index contributed by atoms with van der Waals surface area (Å²) >= 11 is 0. The highest BCUT2D eigenvalue weighted by Gasteiger charge is 2.28. The molecule has 0 fully saturated rings. The van der Waals surface area contributed by atoms with Crippen molar-refractivity contribution < 1.29 is 0 Å². The van der Waals surface area contributed by atoms with Crippen LogP contribution in [0, 0.1) is 6.92 Å². The van der Waals surface area contributed by atoms with Crippen molar-refractivity contribution in [2.75, 3.05) is 7.05 Å². The molecule has 1 N–H and O–H groups in total. The van der Waals surface area contributed by atoms with Crippen molar-refractivity contribution in [3.05, 3.63) is 59.1 Å². The molecule has 5 heteroatoms. The number of pyridine rings is 1. The molecule has 0 saturated carbocycles. The molecule has 1 aromatic carbocycles. The zero-order valence-electron chi connectivity index (χ0n) is 15.4. The highest BCUT2D eigenvalue weighted by Crippen LogP contribution is 2.42. The molecule has 0 spiro atoms. The van der Waals surface area contributed by atoms with E-state index in [-0.39, 0.29) is 5.92 Å². The van der Waals surface area contributed by atoms with Crippen LogP contribution in [0.5, 0.6) is 0 Å². The van der Waals surface area contributed by atoms with Gasteiger partial charge in [0.15, 0.2) is 0 Å². The first-order valence-corrected chi connectivity index (χ1v) is 8.67. The van der Waals surface area contributed by atoms with Crippen molar-refractivity contribution in [3.8, 4) is 0 Å². The van der Waals surface area contributed by atoms with Crippen LogP contribution in [0.3, 0.4) is 0 Å². The molecule has 0 radical (unpaired) electrons. The van der Waals surface area contributed by atoms with E-state index in [1.54, 1.807) is 13.3 Å². The lowest BCUT2D eigenvalue weighted by Gasteiger charge is -2.15. The Kier molecular flexibility index (Phi) is 3.99. The third-order valence-corrected chi connectivity index (χ3v) is 4.89. The maximum Gasteiger partial charge on any atom is 0.0884 e. The van der Waals surface area contributed by atoms with E-state index in [4.69, 9.17) is 9.98 Å². The molecule has 130 valence electrons. The van der Waals surface area contributed by atoms with E-state index in [9.17, 15) is 0 Å². The number of H-pyrrole nitrogens is 1. The lowest BCUT2D eigenvalue weighted by Crippen LogP contribution is -2.07. The number of aromatic nitrogens is 3. The second kappa shape index (κ2) is 6.33. The molecule has 1 unspecified atom stereocenters. The van der Waals surface area contributed by atoms with Gasteiger partial charge < -0.3 is 0 Å². The summed E-state index contributed by atoms with van der Waals surface area (Å²) in [7, 11) is 1.77. The Morgan fingerprint density at radius 3 is 2.88 bits per heavy atom. The highest BCUT2D eigenvalue weighted by molar-refractivity contribution is 6.00. The number of nitrogens with zero attached hydrogens (tertiary/aromatic N) is 4. The van der Waals surface area contributed by atoms with E-state index in [0.717, 1.165) is 39.3 Å². The van der Waals surface area contributed by atoms with Gasteiger partial charge >= 0.3 is 0 Å². The summed E-state index contributed by atoms with van der Waals surface area (Å²) in [4.78, 5) is 13.6. The van der Waals surface area contributed by atoms with Crippen LogP contribution in [0.2, 0.25) is 0 Å². The number of aliphatic imine (C=N–C) groups is 2. The average Bonchev–Trinajstić information content (AvgIpc) is 3.22. The first-order valence-electron chi connectivity index (χ1n) is 8.67. The number of hydrogen-bond acceptors (Lipinski definition) is 4. The largest absolute Gasteiger partial charge is 0.297 e. The van der Waals surface area contributed by atoms with Crippen LogP contribution < -0.4 is 0 Å². The van der Waals surface area contributed by atoms with E-state index in [1.165, 1.54) is 11.1 Å². The zero-order chi connectivity index (χ0) is 18.3. The summed E-state index contributed by atoms with van der Waals surface area (Å²) in [5.74, 6) is 0.144. The van der Waals surface area contributed by atoms with Gasteiger partial charge in [-0.15, -0.1) is 0 Å². The fourth-order valence-electron chi connectivity index (χ4n) is 3.55. The van der Waals surface area contributed by atoms with Gasteiger partial charge in [0.2, 0.25) is 0 Å². The number of allylic oxidation sites excluding steroid dienone is 2. The summed E-state index contributed by atoms with van der Waals surface area (Å²) < 4.78 is 0. The topological polar surface area (TPSA) is 66.3 Å². The standard InChI is InChI=1S/C21H21N5/c1-12(7-8-22-4)18-10-17-20(13(2)25-21(17)14(3)24-18)15-5-6-16-11-23-26-19(16)9-15/h5-11,20H,1-4H3,(H,23,26)/b12-7+,22-8?. The van der Waals surface area contributed by atoms with Crippen LogP contribution in [-0.2, 0) is 0 Å². The van der Waals surface area contributed by atoms with Crippen molar-refractivity contribution in [2.24, 2.45) is 9.98 Å². The predicted octanol–water partition coefficient (Wildman–Crippen LogP) is 4.61.